The summed E-state index contributed by atoms with van der Waals surface area (Å²) in [6.07, 6.45) is 0. The van der Waals surface area contributed by atoms with Crippen LogP contribution in [0.4, 0.5) is 68.2 Å². The molecule has 0 saturated heterocycles. The van der Waals surface area contributed by atoms with Crippen LogP contribution in [0.5, 0.6) is 23.0 Å². The topological polar surface area (TPSA) is 83.0 Å². The molecule has 0 saturated carbocycles. The van der Waals surface area contributed by atoms with Gasteiger partial charge in [0.15, 0.2) is 11.3 Å². The Labute approximate surface area is 581 Å². The lowest BCUT2D eigenvalue weighted by atomic mass is 10.0. The van der Waals surface area contributed by atoms with E-state index in [1.54, 1.807) is 0 Å². The third-order valence-corrected chi connectivity index (χ3v) is 17.3. The van der Waals surface area contributed by atoms with Gasteiger partial charge in [0.05, 0.1) is 22.8 Å². The van der Waals surface area contributed by atoms with Crippen molar-refractivity contribution in [1.82, 2.24) is 19.9 Å². The van der Waals surface area contributed by atoms with E-state index in [9.17, 15) is 0 Å². The summed E-state index contributed by atoms with van der Waals surface area (Å²) in [5.74, 6) is 3.03. The second kappa shape index (κ2) is 28.3. The standard InChI is InChI=1S/C90H64N8O2/c1-9-25-69(26-10-1)95(70-27-11-2-12-28-70)75-49-41-65(42-50-75)85-87(67-45-53-77(54-46-67)97(73-33-17-5-18-34-73)79-57-61-83(62-58-79)99-81-37-21-7-22-38-81)93-90-89(91-85)94-88(86(92-90)66-43-51-76(52-44-66)96(71-29-13-3-14-30-71)72-31-15-4-16-32-72)68-47-55-78(56-48-68)98(74-35-19-6-20-36-74)80-59-63-84(64-60-80)100-82-39-23-8-24-40-82/h1-64H. The number of hydrogen-bond donors (Lipinski definition) is 0. The van der Waals surface area contributed by atoms with Gasteiger partial charge in [0.1, 0.15) is 23.0 Å². The van der Waals surface area contributed by atoms with Crippen LogP contribution in [-0.4, -0.2) is 19.9 Å². The van der Waals surface area contributed by atoms with Gasteiger partial charge in [-0.3, -0.25) is 0 Å². The van der Waals surface area contributed by atoms with E-state index in [4.69, 9.17) is 29.4 Å². The Hall–Kier alpha value is -13.7. The Balaban J connectivity index is 0.839. The zero-order valence-corrected chi connectivity index (χ0v) is 54.3. The molecule has 476 valence electrons. The molecule has 0 aliphatic heterocycles. The lowest BCUT2D eigenvalue weighted by Gasteiger charge is -2.26. The highest BCUT2D eigenvalue weighted by atomic mass is 16.5. The quantitative estimate of drug-likeness (QED) is 0.0736. The molecule has 0 aliphatic rings. The summed E-state index contributed by atoms with van der Waals surface area (Å²) in [7, 11) is 0. The Morgan fingerprint density at radius 3 is 0.490 bits per heavy atom. The van der Waals surface area contributed by atoms with E-state index in [0.29, 0.717) is 34.1 Å². The van der Waals surface area contributed by atoms with Crippen molar-refractivity contribution in [3.8, 4) is 68.0 Å². The fourth-order valence-corrected chi connectivity index (χ4v) is 12.6. The van der Waals surface area contributed by atoms with Crippen LogP contribution >= 0.6 is 0 Å². The van der Waals surface area contributed by atoms with Gasteiger partial charge in [0.2, 0.25) is 0 Å². The zero-order chi connectivity index (χ0) is 66.8. The average Bonchev–Trinajstić information content (AvgIpc) is 0.757. The van der Waals surface area contributed by atoms with E-state index in [1.807, 2.05) is 121 Å². The molecule has 0 atom stereocenters. The van der Waals surface area contributed by atoms with Gasteiger partial charge in [-0.2, -0.15) is 0 Å². The molecular weight excluding hydrogens is 1230 g/mol. The molecule has 16 aromatic rings. The number of rotatable bonds is 20. The number of nitrogens with zero attached hydrogens (tertiary/aromatic N) is 8. The van der Waals surface area contributed by atoms with Crippen molar-refractivity contribution in [2.75, 3.05) is 19.6 Å². The molecule has 2 heterocycles. The minimum Gasteiger partial charge on any atom is -0.457 e. The Morgan fingerprint density at radius 2 is 0.300 bits per heavy atom. The maximum absolute atomic E-state index is 6.24. The molecule has 0 spiro atoms. The summed E-state index contributed by atoms with van der Waals surface area (Å²) in [6, 6.07) is 133. The predicted octanol–water partition coefficient (Wildman–Crippen LogP) is 24.6. The summed E-state index contributed by atoms with van der Waals surface area (Å²) in [4.78, 5) is 31.4. The lowest BCUT2D eigenvalue weighted by Crippen LogP contribution is -2.10. The Kier molecular flexibility index (Phi) is 17.3. The van der Waals surface area contributed by atoms with Crippen molar-refractivity contribution in [1.29, 1.82) is 0 Å². The number of ether oxygens (including phenoxy) is 2. The van der Waals surface area contributed by atoms with Crippen molar-refractivity contribution < 1.29 is 9.47 Å². The average molecular weight is 1290 g/mol. The molecule has 10 heteroatoms. The first-order valence-electron chi connectivity index (χ1n) is 33.3. The van der Waals surface area contributed by atoms with Gasteiger partial charge >= 0.3 is 0 Å². The van der Waals surface area contributed by atoms with Crippen LogP contribution in [0.15, 0.2) is 388 Å². The largest absolute Gasteiger partial charge is 0.457 e. The van der Waals surface area contributed by atoms with E-state index in [-0.39, 0.29) is 0 Å². The number of benzene rings is 14. The molecular formula is C90H64N8O2. The number of fused-ring (bicyclic) bond motifs is 1. The summed E-state index contributed by atoms with van der Waals surface area (Å²) in [6.45, 7) is 0. The highest BCUT2D eigenvalue weighted by Gasteiger charge is 2.24. The molecule has 14 aromatic carbocycles. The minimum atomic E-state index is 0.395. The summed E-state index contributed by atoms with van der Waals surface area (Å²) in [5, 5.41) is 0. The predicted molar refractivity (Wildman–Crippen MR) is 409 cm³/mol. The second-order valence-corrected chi connectivity index (χ2v) is 23.8. The zero-order valence-electron chi connectivity index (χ0n) is 54.3. The number of hydrogen-bond acceptors (Lipinski definition) is 10. The van der Waals surface area contributed by atoms with E-state index >= 15 is 0 Å². The van der Waals surface area contributed by atoms with E-state index in [1.165, 1.54) is 0 Å². The molecule has 0 N–H and O–H groups in total. The molecule has 100 heavy (non-hydrogen) atoms. The van der Waals surface area contributed by atoms with Gasteiger partial charge in [0, 0.05) is 90.5 Å². The first-order valence-corrected chi connectivity index (χ1v) is 33.3. The van der Waals surface area contributed by atoms with Crippen molar-refractivity contribution >= 4 is 79.5 Å². The Bertz CT molecular complexity index is 4930. The van der Waals surface area contributed by atoms with Crippen molar-refractivity contribution in [3.05, 3.63) is 388 Å². The van der Waals surface area contributed by atoms with Crippen molar-refractivity contribution in [3.63, 3.8) is 0 Å². The normalized spacial score (nSPS) is 11.0. The first-order chi connectivity index (χ1) is 49.6. The van der Waals surface area contributed by atoms with Crippen LogP contribution in [-0.2, 0) is 0 Å². The molecule has 0 amide bonds. The van der Waals surface area contributed by atoms with Gasteiger partial charge in [-0.25, -0.2) is 19.9 Å². The highest BCUT2D eigenvalue weighted by molar-refractivity contribution is 5.91. The third-order valence-electron chi connectivity index (χ3n) is 17.3. The number of aromatic nitrogens is 4. The summed E-state index contributed by atoms with van der Waals surface area (Å²) >= 11 is 0. The van der Waals surface area contributed by atoms with Gasteiger partial charge in [-0.05, 0) is 194 Å². The van der Waals surface area contributed by atoms with Crippen LogP contribution in [0.3, 0.4) is 0 Å². The second-order valence-electron chi connectivity index (χ2n) is 23.8. The first kappa shape index (κ1) is 61.2. The summed E-state index contributed by atoms with van der Waals surface area (Å²) in [5.41, 5.74) is 18.8. The highest BCUT2D eigenvalue weighted by Crippen LogP contribution is 2.44. The molecule has 0 bridgehead atoms. The SMILES string of the molecule is c1ccc(Oc2ccc(N(c3ccccc3)c3ccc(-c4nc5nc(-c6ccc(N(c7ccccc7)c7ccccc7)cc6)c(-c6ccc(N(c7ccccc7)c7ccc(Oc8ccccc8)cc7)cc6)nc5nc4-c4ccc(N(c5ccccc5)c5ccccc5)cc4)cc3)cc2)cc1. The van der Waals surface area contributed by atoms with Crippen LogP contribution in [0.25, 0.3) is 56.3 Å². The smallest absolute Gasteiger partial charge is 0.199 e. The molecule has 0 aliphatic carbocycles. The maximum atomic E-state index is 6.24. The number of para-hydroxylation sites is 8. The summed E-state index contributed by atoms with van der Waals surface area (Å²) < 4.78 is 12.5. The molecule has 2 aromatic heterocycles. The van der Waals surface area contributed by atoms with E-state index in [2.05, 4.69) is 287 Å². The minimum absolute atomic E-state index is 0.395. The fourth-order valence-electron chi connectivity index (χ4n) is 12.6. The van der Waals surface area contributed by atoms with E-state index < -0.39 is 0 Å². The molecule has 0 radical (unpaired) electrons. The molecule has 0 unspecified atom stereocenters. The van der Waals surface area contributed by atoms with Gasteiger partial charge < -0.3 is 29.1 Å². The van der Waals surface area contributed by atoms with Crippen LogP contribution in [0.1, 0.15) is 0 Å². The Morgan fingerprint density at radius 1 is 0.150 bits per heavy atom. The van der Waals surface area contributed by atoms with Gasteiger partial charge in [0.25, 0.3) is 0 Å². The fraction of sp³-hybridized carbons (Fsp3) is 0. The van der Waals surface area contributed by atoms with Crippen LogP contribution < -0.4 is 29.1 Å². The molecule has 0 fully saturated rings. The number of anilines is 12. The molecule has 10 nitrogen and oxygen atoms in total. The van der Waals surface area contributed by atoms with Gasteiger partial charge in [-0.1, -0.05) is 194 Å². The van der Waals surface area contributed by atoms with Crippen molar-refractivity contribution in [2.45, 2.75) is 0 Å². The van der Waals surface area contributed by atoms with E-state index in [0.717, 1.165) is 114 Å². The maximum Gasteiger partial charge on any atom is 0.199 e. The van der Waals surface area contributed by atoms with Crippen LogP contribution in [0.2, 0.25) is 0 Å². The lowest BCUT2D eigenvalue weighted by molar-refractivity contribution is 0.482. The third kappa shape index (κ3) is 13.2. The van der Waals surface area contributed by atoms with Crippen LogP contribution in [0, 0.1) is 0 Å². The monoisotopic (exact) mass is 1290 g/mol. The van der Waals surface area contributed by atoms with Gasteiger partial charge in [-0.15, -0.1) is 0 Å². The molecule has 16 rings (SSSR count). The van der Waals surface area contributed by atoms with Crippen molar-refractivity contribution in [2.24, 2.45) is 0 Å².